The van der Waals surface area contributed by atoms with Gasteiger partial charge in [-0.2, -0.15) is 5.53 Å². The zero-order chi connectivity index (χ0) is 16.3. The smallest absolute Gasteiger partial charge is 0.182 e. The van der Waals surface area contributed by atoms with Gasteiger partial charge in [0.15, 0.2) is 17.5 Å². The Bertz CT molecular complexity index is 762. The van der Waals surface area contributed by atoms with Gasteiger partial charge < -0.3 is 11.1 Å². The lowest BCUT2D eigenvalue weighted by atomic mass is 10.2. The highest BCUT2D eigenvalue weighted by Gasteiger charge is 2.16. The van der Waals surface area contributed by atoms with Crippen molar-refractivity contribution in [3.63, 3.8) is 0 Å². The third-order valence-corrected chi connectivity index (χ3v) is 3.25. The van der Waals surface area contributed by atoms with E-state index in [0.29, 0.717) is 10.0 Å². The molecule has 2 aromatic rings. The summed E-state index contributed by atoms with van der Waals surface area (Å²) in [5, 5.41) is 9.04. The lowest BCUT2D eigenvalue weighted by Crippen LogP contribution is -2.17. The van der Waals surface area contributed by atoms with Crippen molar-refractivity contribution in [1.29, 1.82) is 5.53 Å². The van der Waals surface area contributed by atoms with Gasteiger partial charge in [0.2, 0.25) is 0 Å². The molecule has 6 nitrogen and oxygen atoms in total. The van der Waals surface area contributed by atoms with Gasteiger partial charge in [-0.3, -0.25) is 0 Å². The molecule has 0 bridgehead atoms. The van der Waals surface area contributed by atoms with Crippen LogP contribution in [0.15, 0.2) is 39.2 Å². The molecular formula is C13H11BrF2N6. The molecule has 0 saturated carbocycles. The number of nitrogens with one attached hydrogen (secondary N) is 2. The molecule has 2 rings (SSSR count). The molecule has 0 aliphatic heterocycles. The average molecular weight is 369 g/mol. The van der Waals surface area contributed by atoms with Crippen LogP contribution < -0.4 is 11.1 Å². The fourth-order valence-electron chi connectivity index (χ4n) is 1.71. The minimum Gasteiger partial charge on any atom is -0.383 e. The lowest BCUT2D eigenvalue weighted by molar-refractivity contribution is 0.506. The maximum absolute atomic E-state index is 13.9. The molecule has 1 aromatic carbocycles. The second kappa shape index (κ2) is 6.56. The quantitative estimate of drug-likeness (QED) is 0.332. The number of pyridine rings is 1. The van der Waals surface area contributed by atoms with Crippen molar-refractivity contribution in [3.05, 3.63) is 51.6 Å². The number of nitrogens with two attached hydrogens (primary N) is 1. The van der Waals surface area contributed by atoms with Crippen molar-refractivity contribution in [2.45, 2.75) is 6.92 Å². The van der Waals surface area contributed by atoms with E-state index in [2.05, 4.69) is 36.6 Å². The van der Waals surface area contributed by atoms with Crippen molar-refractivity contribution < 1.29 is 8.78 Å². The molecular weight excluding hydrogens is 358 g/mol. The first kappa shape index (κ1) is 16.0. The largest absolute Gasteiger partial charge is 0.383 e. The number of aryl methyl sites for hydroxylation is 1. The van der Waals surface area contributed by atoms with Crippen LogP contribution in [0, 0.1) is 24.1 Å². The predicted octanol–water partition coefficient (Wildman–Crippen LogP) is 3.82. The Morgan fingerprint density at radius 2 is 2.09 bits per heavy atom. The van der Waals surface area contributed by atoms with Gasteiger partial charge in [-0.1, -0.05) is 11.3 Å². The van der Waals surface area contributed by atoms with Gasteiger partial charge in [-0.25, -0.2) is 13.8 Å². The van der Waals surface area contributed by atoms with E-state index in [1.54, 1.807) is 6.07 Å². The highest BCUT2D eigenvalue weighted by atomic mass is 79.9. The van der Waals surface area contributed by atoms with Crippen LogP contribution >= 0.6 is 15.9 Å². The maximum Gasteiger partial charge on any atom is 0.182 e. The number of benzene rings is 1. The van der Waals surface area contributed by atoms with E-state index in [1.165, 1.54) is 25.3 Å². The predicted molar refractivity (Wildman–Crippen MR) is 82.8 cm³/mol. The van der Waals surface area contributed by atoms with Crippen molar-refractivity contribution in [1.82, 2.24) is 4.98 Å². The summed E-state index contributed by atoms with van der Waals surface area (Å²) < 4.78 is 28.1. The number of amidine groups is 1. The zero-order valence-electron chi connectivity index (χ0n) is 11.4. The van der Waals surface area contributed by atoms with E-state index in [1.807, 2.05) is 0 Å². The summed E-state index contributed by atoms with van der Waals surface area (Å²) in [5.41, 5.74) is 12.9. The van der Waals surface area contributed by atoms with E-state index in [-0.39, 0.29) is 22.9 Å². The number of aromatic nitrogens is 1. The van der Waals surface area contributed by atoms with Crippen molar-refractivity contribution in [2.75, 3.05) is 11.1 Å². The summed E-state index contributed by atoms with van der Waals surface area (Å²) >= 11 is 3.22. The Morgan fingerprint density at radius 3 is 2.77 bits per heavy atom. The first-order chi connectivity index (χ1) is 10.4. The minimum absolute atomic E-state index is 0.0246. The molecule has 1 aromatic heterocycles. The van der Waals surface area contributed by atoms with Crippen LogP contribution in [0.5, 0.6) is 0 Å². The van der Waals surface area contributed by atoms with Crippen LogP contribution in [0.1, 0.15) is 11.1 Å². The van der Waals surface area contributed by atoms with E-state index in [9.17, 15) is 8.78 Å². The van der Waals surface area contributed by atoms with Crippen molar-refractivity contribution in [3.8, 4) is 0 Å². The number of halogens is 3. The summed E-state index contributed by atoms with van der Waals surface area (Å²) in [5.74, 6) is -1.94. The minimum atomic E-state index is -1.06. The van der Waals surface area contributed by atoms with Gasteiger partial charge in [-0.15, -0.1) is 5.10 Å². The van der Waals surface area contributed by atoms with Crippen LogP contribution in [0.3, 0.4) is 0 Å². The molecule has 0 spiro atoms. The third kappa shape index (κ3) is 3.25. The Balaban J connectivity index is 2.47. The zero-order valence-corrected chi connectivity index (χ0v) is 12.9. The molecule has 0 aliphatic carbocycles. The number of anilines is 2. The van der Waals surface area contributed by atoms with E-state index < -0.39 is 11.6 Å². The number of nitrogen functional groups attached to an aromatic ring is 1. The first-order valence-corrected chi connectivity index (χ1v) is 6.80. The van der Waals surface area contributed by atoms with Crippen LogP contribution in [-0.2, 0) is 0 Å². The molecule has 1 heterocycles. The monoisotopic (exact) mass is 368 g/mol. The second-order valence-corrected chi connectivity index (χ2v) is 5.23. The molecule has 0 aliphatic rings. The molecule has 0 atom stereocenters. The van der Waals surface area contributed by atoms with E-state index in [0.717, 1.165) is 0 Å². The summed E-state index contributed by atoms with van der Waals surface area (Å²) in [4.78, 5) is 3.92. The van der Waals surface area contributed by atoms with Crippen LogP contribution in [-0.4, -0.2) is 10.8 Å². The van der Waals surface area contributed by atoms with Gasteiger partial charge in [-0.05, 0) is 40.5 Å². The van der Waals surface area contributed by atoms with Crippen LogP contribution in [0.4, 0.5) is 20.3 Å². The molecule has 0 radical (unpaired) electrons. The molecule has 0 saturated heterocycles. The summed E-state index contributed by atoms with van der Waals surface area (Å²) in [6.07, 6.45) is 1.47. The molecule has 0 fully saturated rings. The van der Waals surface area contributed by atoms with Crippen molar-refractivity contribution in [2.24, 2.45) is 10.3 Å². The van der Waals surface area contributed by atoms with E-state index >= 15 is 0 Å². The number of nitrogens with zero attached hydrogens (tertiary/aromatic N) is 3. The summed E-state index contributed by atoms with van der Waals surface area (Å²) in [6.45, 7) is 1.45. The first-order valence-electron chi connectivity index (χ1n) is 6.01. The van der Waals surface area contributed by atoms with Crippen LogP contribution in [0.25, 0.3) is 0 Å². The fourth-order valence-corrected chi connectivity index (χ4v) is 2.04. The Labute approximate surface area is 133 Å². The second-order valence-electron chi connectivity index (χ2n) is 4.32. The molecule has 9 heteroatoms. The van der Waals surface area contributed by atoms with Gasteiger partial charge in [0.1, 0.15) is 5.82 Å². The lowest BCUT2D eigenvalue weighted by Gasteiger charge is -2.12. The maximum atomic E-state index is 13.9. The van der Waals surface area contributed by atoms with Gasteiger partial charge in [0, 0.05) is 10.7 Å². The van der Waals surface area contributed by atoms with Crippen LogP contribution in [0.2, 0.25) is 0 Å². The number of rotatable bonds is 3. The Kier molecular flexibility index (Phi) is 4.76. The normalized spacial score (nSPS) is 11.4. The third-order valence-electron chi connectivity index (χ3n) is 2.82. The average Bonchev–Trinajstić information content (AvgIpc) is 2.49. The van der Waals surface area contributed by atoms with Gasteiger partial charge >= 0.3 is 0 Å². The standard InChI is InChI=1S/C13H11BrF2N6/c1-6-2-3-9(11(16)10(6)15)20-13(21-22-18)8-4-7(14)5-19-12(8)17/h2-5H,1H3,(H2,17,19)(H2,18,20,21). The molecule has 0 unspecified atom stereocenters. The topological polar surface area (TPSA) is 99.5 Å². The van der Waals surface area contributed by atoms with Gasteiger partial charge in [0.25, 0.3) is 0 Å². The number of hydrogen-bond acceptors (Lipinski definition) is 4. The Morgan fingerprint density at radius 1 is 1.36 bits per heavy atom. The van der Waals surface area contributed by atoms with Gasteiger partial charge in [0.05, 0.1) is 11.3 Å². The molecule has 0 amide bonds. The molecule has 114 valence electrons. The summed E-state index contributed by atoms with van der Waals surface area (Å²) in [7, 11) is 0. The molecule has 4 N–H and O–H groups in total. The summed E-state index contributed by atoms with van der Waals surface area (Å²) in [6, 6.07) is 4.34. The highest BCUT2D eigenvalue weighted by molar-refractivity contribution is 9.10. The SMILES string of the molecule is Cc1ccc(N/C(=N\N=N)c2cc(Br)cnc2N)c(F)c1F. The van der Waals surface area contributed by atoms with E-state index in [4.69, 9.17) is 11.3 Å². The fraction of sp³-hybridized carbons (Fsp3) is 0.0769. The number of hydrogen-bond donors (Lipinski definition) is 3. The van der Waals surface area contributed by atoms with Crippen molar-refractivity contribution >= 4 is 33.3 Å². The highest BCUT2D eigenvalue weighted by Crippen LogP contribution is 2.23. The Hall–Kier alpha value is -2.42. The molecule has 22 heavy (non-hydrogen) atoms.